The summed E-state index contributed by atoms with van der Waals surface area (Å²) in [7, 11) is -2.43. The van der Waals surface area contributed by atoms with Crippen molar-refractivity contribution in [3.63, 3.8) is 0 Å². The predicted molar refractivity (Wildman–Crippen MR) is 93.0 cm³/mol. The lowest BCUT2D eigenvalue weighted by Crippen LogP contribution is -2.50. The molecule has 0 aliphatic rings. The summed E-state index contributed by atoms with van der Waals surface area (Å²) in [4.78, 5) is 0. The zero-order chi connectivity index (χ0) is 16.9. The minimum Gasteiger partial charge on any atom is -0.378 e. The Morgan fingerprint density at radius 1 is 0.857 bits per heavy atom. The van der Waals surface area contributed by atoms with Gasteiger partial charge in [0.1, 0.15) is 11.2 Å². The van der Waals surface area contributed by atoms with Crippen LogP contribution in [0, 0.1) is 36.5 Å². The van der Waals surface area contributed by atoms with Gasteiger partial charge in [0.15, 0.2) is 0 Å². The Hall–Kier alpha value is -0.743. The summed E-state index contributed by atoms with van der Waals surface area (Å²) in [6.45, 7) is 16.5. The van der Waals surface area contributed by atoms with E-state index in [1.54, 1.807) is 0 Å². The second-order valence-corrected chi connectivity index (χ2v) is 10.8. The third-order valence-corrected chi connectivity index (χ3v) is 5.03. The summed E-state index contributed by atoms with van der Waals surface area (Å²) >= 11 is 0. The van der Waals surface area contributed by atoms with Crippen LogP contribution >= 0.6 is 0 Å². The third-order valence-electron chi connectivity index (χ3n) is 3.15. The van der Waals surface area contributed by atoms with Gasteiger partial charge in [0.25, 0.3) is 0 Å². The molecule has 0 bridgehead atoms. The van der Waals surface area contributed by atoms with Gasteiger partial charge in [-0.15, -0.1) is 12.8 Å². The minimum atomic E-state index is -2.43. The van der Waals surface area contributed by atoms with E-state index in [2.05, 4.69) is 39.5 Å². The van der Waals surface area contributed by atoms with Crippen molar-refractivity contribution in [2.75, 3.05) is 0 Å². The molecule has 0 aliphatic heterocycles. The van der Waals surface area contributed by atoms with Crippen molar-refractivity contribution < 1.29 is 8.85 Å². The van der Waals surface area contributed by atoms with Gasteiger partial charge in [0, 0.05) is 0 Å². The Bertz CT molecular complexity index is 376. The fourth-order valence-corrected chi connectivity index (χ4v) is 5.42. The van der Waals surface area contributed by atoms with Crippen LogP contribution in [0.15, 0.2) is 0 Å². The minimum absolute atomic E-state index is 0.463. The van der Waals surface area contributed by atoms with Crippen LogP contribution in [0.4, 0.5) is 0 Å². The normalized spacial score (nSPS) is 17.9. The van der Waals surface area contributed by atoms with E-state index in [0.29, 0.717) is 11.8 Å². The maximum Gasteiger partial charge on any atom is 0.334 e. The van der Waals surface area contributed by atoms with E-state index in [-0.39, 0.29) is 0 Å². The van der Waals surface area contributed by atoms with Crippen LogP contribution in [0.3, 0.4) is 0 Å². The van der Waals surface area contributed by atoms with E-state index in [1.165, 1.54) is 0 Å². The number of terminal acetylenes is 2. The van der Waals surface area contributed by atoms with Gasteiger partial charge in [-0.25, -0.2) is 0 Å². The average Bonchev–Trinajstić information content (AvgIpc) is 2.24. The van der Waals surface area contributed by atoms with E-state index in [1.807, 2.05) is 26.9 Å². The number of hydrogen-bond acceptors (Lipinski definition) is 2. The Morgan fingerprint density at radius 3 is 1.33 bits per heavy atom. The van der Waals surface area contributed by atoms with E-state index >= 15 is 0 Å². The summed E-state index contributed by atoms with van der Waals surface area (Å²) in [5, 5.41) is 0. The highest BCUT2D eigenvalue weighted by molar-refractivity contribution is 6.64. The smallest absolute Gasteiger partial charge is 0.334 e. The lowest BCUT2D eigenvalue weighted by molar-refractivity contribution is 0.0221. The molecule has 0 fully saturated rings. The first-order chi connectivity index (χ1) is 9.37. The predicted octanol–water partition coefficient (Wildman–Crippen LogP) is 4.60. The van der Waals surface area contributed by atoms with E-state index < -0.39 is 19.8 Å². The topological polar surface area (TPSA) is 18.5 Å². The quantitative estimate of drug-likeness (QED) is 0.482. The highest BCUT2D eigenvalue weighted by Crippen LogP contribution is 2.30. The number of hydrogen-bond donors (Lipinski definition) is 0. The molecule has 0 amide bonds. The second-order valence-electron chi connectivity index (χ2n) is 7.55. The molecule has 0 radical (unpaired) electrons. The Labute approximate surface area is 133 Å². The Morgan fingerprint density at radius 2 is 1.14 bits per heavy atom. The molecule has 0 rings (SSSR count). The summed E-state index contributed by atoms with van der Waals surface area (Å²) in [6, 6.07) is 0. The van der Waals surface area contributed by atoms with Gasteiger partial charge in [0.05, 0.1) is 0 Å². The van der Waals surface area contributed by atoms with Gasteiger partial charge in [-0.05, 0) is 51.6 Å². The fourth-order valence-electron chi connectivity index (χ4n) is 2.92. The lowest BCUT2D eigenvalue weighted by atomic mass is 9.95. The summed E-state index contributed by atoms with van der Waals surface area (Å²) < 4.78 is 12.5. The first-order valence-corrected chi connectivity index (χ1v) is 10.5. The van der Waals surface area contributed by atoms with Crippen molar-refractivity contribution in [3.8, 4) is 24.7 Å². The van der Waals surface area contributed by atoms with Gasteiger partial charge in [-0.1, -0.05) is 39.5 Å². The maximum absolute atomic E-state index is 6.25. The molecule has 0 N–H and O–H groups in total. The standard InChI is InChI=1S/C18H32O2Si/c1-11-17(7,13-15(3)4)19-21(9,10)20-18(8,12-2)14-16(5)6/h1-2,15-16H,13-14H2,3-10H3. The summed E-state index contributed by atoms with van der Waals surface area (Å²) in [6.07, 6.45) is 13.0. The molecule has 0 aliphatic carbocycles. The van der Waals surface area contributed by atoms with Gasteiger partial charge in [0.2, 0.25) is 0 Å². The van der Waals surface area contributed by atoms with Gasteiger partial charge in [-0.2, -0.15) is 0 Å². The van der Waals surface area contributed by atoms with Crippen LogP contribution < -0.4 is 0 Å². The second kappa shape index (κ2) is 7.50. The van der Waals surface area contributed by atoms with E-state index in [0.717, 1.165) is 12.8 Å². The molecule has 120 valence electrons. The first-order valence-electron chi connectivity index (χ1n) is 7.73. The molecule has 0 aromatic rings. The van der Waals surface area contributed by atoms with Crippen molar-refractivity contribution >= 4 is 8.56 Å². The SMILES string of the molecule is C#CC(C)(CC(C)C)O[Si](C)(C)OC(C)(C#C)CC(C)C. The molecule has 2 unspecified atom stereocenters. The highest BCUT2D eigenvalue weighted by atomic mass is 28.4. The zero-order valence-corrected chi connectivity index (χ0v) is 16.0. The molecule has 0 spiro atoms. The Balaban J connectivity index is 5.05. The van der Waals surface area contributed by atoms with E-state index in [4.69, 9.17) is 21.7 Å². The van der Waals surface area contributed by atoms with Crippen molar-refractivity contribution in [2.45, 2.75) is 78.7 Å². The van der Waals surface area contributed by atoms with Crippen molar-refractivity contribution in [1.29, 1.82) is 0 Å². The summed E-state index contributed by atoms with van der Waals surface area (Å²) in [5.41, 5.74) is -1.20. The molecule has 0 heterocycles. The van der Waals surface area contributed by atoms with Crippen LogP contribution in [0.25, 0.3) is 0 Å². The summed E-state index contributed by atoms with van der Waals surface area (Å²) in [5.74, 6) is 6.51. The van der Waals surface area contributed by atoms with Gasteiger partial charge < -0.3 is 8.85 Å². The average molecular weight is 309 g/mol. The monoisotopic (exact) mass is 308 g/mol. The van der Waals surface area contributed by atoms with Crippen LogP contribution in [-0.2, 0) is 8.85 Å². The van der Waals surface area contributed by atoms with Crippen LogP contribution in [0.2, 0.25) is 13.1 Å². The number of rotatable bonds is 8. The van der Waals surface area contributed by atoms with Gasteiger partial charge in [-0.3, -0.25) is 0 Å². The molecule has 3 heteroatoms. The first kappa shape index (κ1) is 20.3. The van der Waals surface area contributed by atoms with Gasteiger partial charge >= 0.3 is 8.56 Å². The molecule has 21 heavy (non-hydrogen) atoms. The largest absolute Gasteiger partial charge is 0.378 e. The highest BCUT2D eigenvalue weighted by Gasteiger charge is 2.40. The molecular formula is C18H32O2Si. The maximum atomic E-state index is 6.25. The van der Waals surface area contributed by atoms with Crippen LogP contribution in [0.1, 0.15) is 54.4 Å². The zero-order valence-electron chi connectivity index (χ0n) is 15.0. The molecule has 0 aromatic heterocycles. The molecule has 2 nitrogen and oxygen atoms in total. The molecule has 0 saturated carbocycles. The van der Waals surface area contributed by atoms with Crippen LogP contribution in [0.5, 0.6) is 0 Å². The Kier molecular flexibility index (Phi) is 7.23. The third kappa shape index (κ3) is 7.72. The van der Waals surface area contributed by atoms with Crippen LogP contribution in [-0.4, -0.2) is 19.8 Å². The lowest BCUT2D eigenvalue weighted by Gasteiger charge is -2.39. The van der Waals surface area contributed by atoms with E-state index in [9.17, 15) is 0 Å². The molecule has 0 aromatic carbocycles. The van der Waals surface area contributed by atoms with Crippen molar-refractivity contribution in [3.05, 3.63) is 0 Å². The molecule has 2 atom stereocenters. The van der Waals surface area contributed by atoms with Crippen molar-refractivity contribution in [1.82, 2.24) is 0 Å². The molecule has 0 saturated heterocycles. The fraction of sp³-hybridized carbons (Fsp3) is 0.778. The van der Waals surface area contributed by atoms with Crippen molar-refractivity contribution in [2.24, 2.45) is 11.8 Å². The molecular weight excluding hydrogens is 276 g/mol.